The first-order chi connectivity index (χ1) is 15.3. The molecular weight excluding hydrogens is 416 g/mol. The molecule has 0 N–H and O–H groups in total. The summed E-state index contributed by atoms with van der Waals surface area (Å²) in [6.07, 6.45) is 12.1. The number of benzene rings is 1. The first kappa shape index (κ1) is 23.9. The lowest BCUT2D eigenvalue weighted by Gasteiger charge is -2.45. The van der Waals surface area contributed by atoms with Crippen LogP contribution in [0.15, 0.2) is 18.2 Å². The van der Waals surface area contributed by atoms with Gasteiger partial charge in [0.1, 0.15) is 0 Å². The molecule has 0 amide bonds. The Morgan fingerprint density at radius 1 is 0.844 bits per heavy atom. The lowest BCUT2D eigenvalue weighted by molar-refractivity contribution is -0.275. The number of alkyl halides is 3. The second-order valence-corrected chi connectivity index (χ2v) is 10.8. The van der Waals surface area contributed by atoms with Gasteiger partial charge in [0.2, 0.25) is 0 Å². The zero-order chi connectivity index (χ0) is 22.7. The predicted octanol–water partition coefficient (Wildman–Crippen LogP) is 9.02. The highest BCUT2D eigenvalue weighted by molar-refractivity contribution is 5.31. The molecule has 4 atom stereocenters. The number of rotatable bonds is 6. The molecule has 3 aliphatic carbocycles. The summed E-state index contributed by atoms with van der Waals surface area (Å²) in [5, 5.41) is 0. The molecule has 0 saturated heterocycles. The number of fused-ring (bicyclic) bond motifs is 1. The van der Waals surface area contributed by atoms with Crippen molar-refractivity contribution in [1.82, 2.24) is 0 Å². The Morgan fingerprint density at radius 3 is 2.12 bits per heavy atom. The van der Waals surface area contributed by atoms with Gasteiger partial charge in [-0.2, -0.15) is 0 Å². The van der Waals surface area contributed by atoms with E-state index < -0.39 is 17.9 Å². The van der Waals surface area contributed by atoms with Crippen molar-refractivity contribution in [3.05, 3.63) is 29.6 Å². The molecule has 3 fully saturated rings. The van der Waals surface area contributed by atoms with E-state index in [4.69, 9.17) is 0 Å². The van der Waals surface area contributed by atoms with Gasteiger partial charge in [0.25, 0.3) is 0 Å². The first-order valence-electron chi connectivity index (χ1n) is 12.9. The van der Waals surface area contributed by atoms with Crippen LogP contribution in [-0.2, 0) is 0 Å². The average molecular weight is 455 g/mol. The molecule has 1 nitrogen and oxygen atoms in total. The third-order valence-corrected chi connectivity index (χ3v) is 8.82. The van der Waals surface area contributed by atoms with Crippen LogP contribution in [0.5, 0.6) is 5.75 Å². The smallest absolute Gasteiger partial charge is 0.403 e. The van der Waals surface area contributed by atoms with Crippen molar-refractivity contribution in [2.45, 2.75) is 103 Å². The summed E-state index contributed by atoms with van der Waals surface area (Å²) >= 11 is 0. The lowest BCUT2D eigenvalue weighted by Crippen LogP contribution is -2.34. The molecule has 180 valence electrons. The number of unbranched alkanes of at least 4 members (excludes halogenated alkanes) is 1. The van der Waals surface area contributed by atoms with Gasteiger partial charge in [-0.25, -0.2) is 4.39 Å². The Balaban J connectivity index is 1.26. The van der Waals surface area contributed by atoms with Gasteiger partial charge in [-0.3, -0.25) is 0 Å². The molecule has 32 heavy (non-hydrogen) atoms. The van der Waals surface area contributed by atoms with Crippen molar-refractivity contribution in [1.29, 1.82) is 0 Å². The van der Waals surface area contributed by atoms with Gasteiger partial charge in [0, 0.05) is 0 Å². The van der Waals surface area contributed by atoms with Crippen molar-refractivity contribution < 1.29 is 22.3 Å². The maximum Gasteiger partial charge on any atom is 0.573 e. The zero-order valence-electron chi connectivity index (χ0n) is 19.3. The van der Waals surface area contributed by atoms with Gasteiger partial charge in [-0.1, -0.05) is 38.7 Å². The van der Waals surface area contributed by atoms with Crippen molar-refractivity contribution in [3.63, 3.8) is 0 Å². The Bertz CT molecular complexity index is 738. The summed E-state index contributed by atoms with van der Waals surface area (Å²) in [4.78, 5) is 0. The normalized spacial score (nSPS) is 33.5. The molecule has 5 heteroatoms. The van der Waals surface area contributed by atoms with Gasteiger partial charge in [-0.15, -0.1) is 13.2 Å². The van der Waals surface area contributed by atoms with Crippen molar-refractivity contribution in [2.75, 3.05) is 0 Å². The molecule has 4 unspecified atom stereocenters. The van der Waals surface area contributed by atoms with Crippen LogP contribution in [0.4, 0.5) is 17.6 Å². The Labute approximate surface area is 190 Å². The SMILES string of the molecule is CCCCC1CCC2CC(C3CCC(c4ccc(OC(F)(F)F)c(F)c4)CC3)CCC2C1. The monoisotopic (exact) mass is 454 g/mol. The molecule has 0 aromatic heterocycles. The van der Waals surface area contributed by atoms with Crippen LogP contribution in [0.25, 0.3) is 0 Å². The van der Waals surface area contributed by atoms with E-state index in [1.54, 1.807) is 6.07 Å². The van der Waals surface area contributed by atoms with Crippen LogP contribution in [0, 0.1) is 35.4 Å². The van der Waals surface area contributed by atoms with Gasteiger partial charge in [0.15, 0.2) is 11.6 Å². The molecule has 1 aromatic rings. The Hall–Kier alpha value is -1.26. The van der Waals surface area contributed by atoms with Crippen LogP contribution in [-0.4, -0.2) is 6.36 Å². The fraction of sp³-hybridized carbons (Fsp3) is 0.778. The van der Waals surface area contributed by atoms with Gasteiger partial charge in [0.05, 0.1) is 0 Å². The van der Waals surface area contributed by atoms with Crippen LogP contribution in [0.3, 0.4) is 0 Å². The Kier molecular flexibility index (Phi) is 7.72. The van der Waals surface area contributed by atoms with E-state index in [-0.39, 0.29) is 5.92 Å². The standard InChI is InChI=1S/C27H38F4O/c1-2-3-4-18-5-6-23-16-22(12-11-21(23)15-18)19-7-9-20(10-8-19)24-13-14-26(25(28)17-24)32-27(29,30)31/h13-14,17-23H,2-12,15-16H2,1H3. The first-order valence-corrected chi connectivity index (χ1v) is 12.9. The molecule has 0 bridgehead atoms. The minimum Gasteiger partial charge on any atom is -0.403 e. The highest BCUT2D eigenvalue weighted by Gasteiger charge is 2.39. The van der Waals surface area contributed by atoms with Crippen LogP contribution in [0.2, 0.25) is 0 Å². The van der Waals surface area contributed by atoms with Crippen molar-refractivity contribution in [2.24, 2.45) is 29.6 Å². The second kappa shape index (κ2) is 10.3. The largest absolute Gasteiger partial charge is 0.573 e. The zero-order valence-corrected chi connectivity index (χ0v) is 19.3. The molecular formula is C27H38F4O. The summed E-state index contributed by atoms with van der Waals surface area (Å²) in [5.41, 5.74) is 0.810. The highest BCUT2D eigenvalue weighted by Crippen LogP contribution is 2.50. The van der Waals surface area contributed by atoms with Gasteiger partial charge in [-0.05, 0) is 111 Å². The van der Waals surface area contributed by atoms with Gasteiger partial charge < -0.3 is 4.74 Å². The van der Waals surface area contributed by atoms with Crippen LogP contribution < -0.4 is 4.74 Å². The summed E-state index contributed by atoms with van der Waals surface area (Å²) < 4.78 is 55.0. The van der Waals surface area contributed by atoms with E-state index in [9.17, 15) is 17.6 Å². The quantitative estimate of drug-likeness (QED) is 0.390. The molecule has 0 radical (unpaired) electrons. The number of ether oxygens (including phenoxy) is 1. The predicted molar refractivity (Wildman–Crippen MR) is 119 cm³/mol. The fourth-order valence-electron chi connectivity index (χ4n) is 7.11. The van der Waals surface area contributed by atoms with Crippen molar-refractivity contribution >= 4 is 0 Å². The highest BCUT2D eigenvalue weighted by atomic mass is 19.4. The van der Waals surface area contributed by atoms with E-state index >= 15 is 0 Å². The minimum absolute atomic E-state index is 0.242. The van der Waals surface area contributed by atoms with E-state index in [1.807, 2.05) is 0 Å². The maximum atomic E-state index is 14.1. The fourth-order valence-corrected chi connectivity index (χ4v) is 7.11. The van der Waals surface area contributed by atoms with E-state index in [1.165, 1.54) is 63.9 Å². The summed E-state index contributed by atoms with van der Waals surface area (Å²) in [7, 11) is 0. The summed E-state index contributed by atoms with van der Waals surface area (Å²) in [5.74, 6) is 3.04. The molecule has 0 spiro atoms. The topological polar surface area (TPSA) is 9.23 Å². The molecule has 0 aliphatic heterocycles. The molecule has 0 heterocycles. The van der Waals surface area contributed by atoms with Crippen molar-refractivity contribution in [3.8, 4) is 5.75 Å². The molecule has 4 rings (SSSR count). The number of halogens is 4. The molecule has 3 saturated carbocycles. The summed E-state index contributed by atoms with van der Waals surface area (Å²) in [6, 6.07) is 3.98. The van der Waals surface area contributed by atoms with Crippen LogP contribution >= 0.6 is 0 Å². The van der Waals surface area contributed by atoms with E-state index in [0.717, 1.165) is 66.9 Å². The van der Waals surface area contributed by atoms with Crippen LogP contribution in [0.1, 0.15) is 102 Å². The average Bonchev–Trinajstić information content (AvgIpc) is 2.78. The minimum atomic E-state index is -4.87. The van der Waals surface area contributed by atoms with Gasteiger partial charge >= 0.3 is 6.36 Å². The summed E-state index contributed by atoms with van der Waals surface area (Å²) in [6.45, 7) is 2.29. The lowest BCUT2D eigenvalue weighted by atomic mass is 9.60. The Morgan fingerprint density at radius 2 is 1.47 bits per heavy atom. The van der Waals surface area contributed by atoms with E-state index in [0.29, 0.717) is 0 Å². The molecule has 1 aromatic carbocycles. The third-order valence-electron chi connectivity index (χ3n) is 8.82. The van der Waals surface area contributed by atoms with E-state index in [2.05, 4.69) is 11.7 Å². The third kappa shape index (κ3) is 5.99. The second-order valence-electron chi connectivity index (χ2n) is 10.8. The molecule has 3 aliphatic rings. The number of hydrogen-bond donors (Lipinski definition) is 0. The number of hydrogen-bond acceptors (Lipinski definition) is 1. The maximum absolute atomic E-state index is 14.1.